The van der Waals surface area contributed by atoms with Gasteiger partial charge in [0.2, 0.25) is 0 Å². The van der Waals surface area contributed by atoms with Gasteiger partial charge in [0.1, 0.15) is 0 Å². The topological polar surface area (TPSA) is 54.0 Å². The lowest BCUT2D eigenvalue weighted by Crippen LogP contribution is -2.18. The number of carbonyl (C=O) groups is 1. The highest BCUT2D eigenvalue weighted by Crippen LogP contribution is 1.97. The molecule has 0 rings (SSSR count). The second kappa shape index (κ2) is 9.73. The number of hydrogen-bond acceptors (Lipinski definition) is 5. The molecule has 0 radical (unpaired) electrons. The van der Waals surface area contributed by atoms with E-state index in [2.05, 4.69) is 9.47 Å². The van der Waals surface area contributed by atoms with Gasteiger partial charge in [0.25, 0.3) is 0 Å². The van der Waals surface area contributed by atoms with Gasteiger partial charge in [-0.1, -0.05) is 6.92 Å². The maximum absolute atomic E-state index is 10.5. The van der Waals surface area contributed by atoms with Crippen LogP contribution in [-0.2, 0) is 18.9 Å². The molecule has 0 N–H and O–H groups in total. The number of ether oxygens (including phenoxy) is 4. The molecule has 0 fully saturated rings. The van der Waals surface area contributed by atoms with Crippen LogP contribution in [0.3, 0.4) is 0 Å². The highest BCUT2D eigenvalue weighted by atomic mass is 16.7. The minimum atomic E-state index is -0.654. The molecule has 90 valence electrons. The van der Waals surface area contributed by atoms with Crippen molar-refractivity contribution in [2.75, 3.05) is 34.0 Å². The lowest BCUT2D eigenvalue weighted by atomic mass is 10.3. The van der Waals surface area contributed by atoms with Crippen molar-refractivity contribution in [1.29, 1.82) is 0 Å². The lowest BCUT2D eigenvalue weighted by Gasteiger charge is -2.12. The van der Waals surface area contributed by atoms with E-state index in [0.717, 1.165) is 6.42 Å². The zero-order valence-electron chi connectivity index (χ0n) is 9.65. The molecule has 0 saturated heterocycles. The van der Waals surface area contributed by atoms with Gasteiger partial charge in [-0.05, 0) is 6.42 Å². The molecule has 5 heteroatoms. The Balaban J connectivity index is 3.21. The fraction of sp³-hybridized carbons (Fsp3) is 0.900. The molecule has 0 aromatic rings. The summed E-state index contributed by atoms with van der Waals surface area (Å²) in [5.74, 6) is 0. The fourth-order valence-electron chi connectivity index (χ4n) is 0.943. The minimum absolute atomic E-state index is 0.145. The van der Waals surface area contributed by atoms with Crippen LogP contribution >= 0.6 is 0 Å². The molecule has 0 spiro atoms. The summed E-state index contributed by atoms with van der Waals surface area (Å²) in [4.78, 5) is 10.5. The van der Waals surface area contributed by atoms with E-state index in [-0.39, 0.29) is 6.10 Å². The Labute approximate surface area is 90.6 Å². The predicted octanol–water partition coefficient (Wildman–Crippen LogP) is 1.60. The van der Waals surface area contributed by atoms with E-state index in [9.17, 15) is 4.79 Å². The minimum Gasteiger partial charge on any atom is -0.438 e. The third-order valence-electron chi connectivity index (χ3n) is 1.91. The molecule has 1 unspecified atom stereocenters. The zero-order valence-corrected chi connectivity index (χ0v) is 9.65. The molecule has 0 amide bonds. The molecule has 0 bridgehead atoms. The van der Waals surface area contributed by atoms with Gasteiger partial charge in [0, 0.05) is 20.1 Å². The van der Waals surface area contributed by atoms with E-state index in [1.807, 2.05) is 6.92 Å². The Morgan fingerprint density at radius 1 is 1.27 bits per heavy atom. The molecule has 0 aromatic carbocycles. The van der Waals surface area contributed by atoms with Crippen molar-refractivity contribution in [1.82, 2.24) is 0 Å². The molecule has 0 aliphatic rings. The molecule has 0 heterocycles. The van der Waals surface area contributed by atoms with Crippen molar-refractivity contribution in [3.05, 3.63) is 0 Å². The monoisotopic (exact) mass is 220 g/mol. The van der Waals surface area contributed by atoms with E-state index < -0.39 is 6.16 Å². The van der Waals surface area contributed by atoms with Gasteiger partial charge >= 0.3 is 6.16 Å². The second-order valence-electron chi connectivity index (χ2n) is 3.00. The number of methoxy groups -OCH3 is 2. The maximum Gasteiger partial charge on any atom is 0.507 e. The Bertz CT molecular complexity index is 156. The third-order valence-corrected chi connectivity index (χ3v) is 1.91. The highest BCUT2D eigenvalue weighted by Gasteiger charge is 2.04. The van der Waals surface area contributed by atoms with Gasteiger partial charge in [0.15, 0.2) is 0 Å². The smallest absolute Gasteiger partial charge is 0.438 e. The van der Waals surface area contributed by atoms with Crippen LogP contribution in [0.2, 0.25) is 0 Å². The summed E-state index contributed by atoms with van der Waals surface area (Å²) in [5, 5.41) is 0. The second-order valence-corrected chi connectivity index (χ2v) is 3.00. The highest BCUT2D eigenvalue weighted by molar-refractivity contribution is 5.59. The number of rotatable bonds is 8. The van der Waals surface area contributed by atoms with Crippen LogP contribution in [0.15, 0.2) is 0 Å². The van der Waals surface area contributed by atoms with E-state index in [1.54, 1.807) is 7.11 Å². The summed E-state index contributed by atoms with van der Waals surface area (Å²) in [6, 6.07) is 0. The first-order valence-electron chi connectivity index (χ1n) is 5.05. The first kappa shape index (κ1) is 14.2. The van der Waals surface area contributed by atoms with E-state index in [4.69, 9.17) is 9.47 Å². The lowest BCUT2D eigenvalue weighted by molar-refractivity contribution is 0.000482. The fourth-order valence-corrected chi connectivity index (χ4v) is 0.943. The number of hydrogen-bond donors (Lipinski definition) is 0. The average Bonchev–Trinajstić information content (AvgIpc) is 2.28. The van der Waals surface area contributed by atoms with Crippen molar-refractivity contribution in [2.24, 2.45) is 0 Å². The normalized spacial score (nSPS) is 12.2. The van der Waals surface area contributed by atoms with Crippen molar-refractivity contribution >= 4 is 6.16 Å². The van der Waals surface area contributed by atoms with Crippen molar-refractivity contribution in [3.63, 3.8) is 0 Å². The van der Waals surface area contributed by atoms with Crippen molar-refractivity contribution < 1.29 is 23.7 Å². The SMILES string of the molecule is CCC(COCCCOC(=O)OC)OC. The van der Waals surface area contributed by atoms with E-state index in [0.29, 0.717) is 26.2 Å². The zero-order chi connectivity index (χ0) is 11.5. The molecule has 0 aliphatic heterocycles. The van der Waals surface area contributed by atoms with Crippen LogP contribution in [0.1, 0.15) is 19.8 Å². The van der Waals surface area contributed by atoms with Gasteiger partial charge in [-0.2, -0.15) is 0 Å². The molecule has 0 saturated carbocycles. The van der Waals surface area contributed by atoms with Crippen molar-refractivity contribution in [2.45, 2.75) is 25.9 Å². The molecule has 0 aliphatic carbocycles. The quantitative estimate of drug-likeness (QED) is 0.459. The van der Waals surface area contributed by atoms with Gasteiger partial charge in [-0.3, -0.25) is 0 Å². The predicted molar refractivity (Wildman–Crippen MR) is 54.9 cm³/mol. The standard InChI is InChI=1S/C10H20O5/c1-4-9(12-2)8-14-6-5-7-15-10(11)13-3/h9H,4-8H2,1-3H3. The molecular formula is C10H20O5. The summed E-state index contributed by atoms with van der Waals surface area (Å²) >= 11 is 0. The molecule has 5 nitrogen and oxygen atoms in total. The maximum atomic E-state index is 10.5. The molecule has 0 aromatic heterocycles. The summed E-state index contributed by atoms with van der Waals surface area (Å²) in [7, 11) is 2.95. The van der Waals surface area contributed by atoms with Gasteiger partial charge in [-0.25, -0.2) is 4.79 Å². The molecule has 1 atom stereocenters. The van der Waals surface area contributed by atoms with Crippen LogP contribution in [0, 0.1) is 0 Å². The van der Waals surface area contributed by atoms with Gasteiger partial charge in [0.05, 0.1) is 26.4 Å². The van der Waals surface area contributed by atoms with Crippen LogP contribution in [-0.4, -0.2) is 46.3 Å². The Morgan fingerprint density at radius 3 is 2.53 bits per heavy atom. The summed E-state index contributed by atoms with van der Waals surface area (Å²) in [6.45, 7) is 3.48. The summed E-state index contributed by atoms with van der Waals surface area (Å²) < 4.78 is 19.5. The Hall–Kier alpha value is -0.810. The van der Waals surface area contributed by atoms with Crippen LogP contribution in [0.5, 0.6) is 0 Å². The van der Waals surface area contributed by atoms with Crippen LogP contribution in [0.25, 0.3) is 0 Å². The summed E-state index contributed by atoms with van der Waals surface area (Å²) in [6.07, 6.45) is 1.08. The first-order chi connectivity index (χ1) is 7.24. The summed E-state index contributed by atoms with van der Waals surface area (Å²) in [5.41, 5.74) is 0. The number of carbonyl (C=O) groups excluding carboxylic acids is 1. The van der Waals surface area contributed by atoms with Crippen LogP contribution < -0.4 is 0 Å². The molecule has 15 heavy (non-hydrogen) atoms. The van der Waals surface area contributed by atoms with E-state index in [1.165, 1.54) is 7.11 Å². The third kappa shape index (κ3) is 8.20. The first-order valence-corrected chi connectivity index (χ1v) is 5.05. The molecular weight excluding hydrogens is 200 g/mol. The van der Waals surface area contributed by atoms with Crippen molar-refractivity contribution in [3.8, 4) is 0 Å². The Kier molecular flexibility index (Phi) is 9.21. The van der Waals surface area contributed by atoms with Gasteiger partial charge < -0.3 is 18.9 Å². The van der Waals surface area contributed by atoms with Gasteiger partial charge in [-0.15, -0.1) is 0 Å². The van der Waals surface area contributed by atoms with Crippen LogP contribution in [0.4, 0.5) is 4.79 Å². The Morgan fingerprint density at radius 2 is 2.00 bits per heavy atom. The largest absolute Gasteiger partial charge is 0.507 e. The average molecular weight is 220 g/mol. The van der Waals surface area contributed by atoms with E-state index >= 15 is 0 Å².